The van der Waals surface area contributed by atoms with E-state index in [1.165, 1.54) is 30.8 Å². The third-order valence-electron chi connectivity index (χ3n) is 5.90. The molecule has 166 valence electrons. The number of likely N-dealkylation sites (tertiary alicyclic amines) is 1. The van der Waals surface area contributed by atoms with Crippen LogP contribution in [0.5, 0.6) is 0 Å². The number of nitrogens with zero attached hydrogens (tertiary/aromatic N) is 3. The zero-order valence-electron chi connectivity index (χ0n) is 18.1. The van der Waals surface area contributed by atoms with E-state index in [4.69, 9.17) is 4.74 Å². The Balaban J connectivity index is 0.00000300. The van der Waals surface area contributed by atoms with Gasteiger partial charge in [-0.05, 0) is 43.3 Å². The number of hydrogen-bond acceptors (Lipinski definition) is 5. The van der Waals surface area contributed by atoms with Crippen LogP contribution in [0.2, 0.25) is 0 Å². The van der Waals surface area contributed by atoms with Crippen molar-refractivity contribution in [3.05, 3.63) is 22.4 Å². The second kappa shape index (κ2) is 13.1. The van der Waals surface area contributed by atoms with E-state index in [1.54, 1.807) is 0 Å². The number of hydrogen-bond donors (Lipinski definition) is 2. The fourth-order valence-corrected chi connectivity index (χ4v) is 5.12. The SMILES string of the molecule is CN=C(NCC(c1cccs1)N1CCOCC1)NCC(C(C)C)N1CCCC1.I. The lowest BCUT2D eigenvalue weighted by Gasteiger charge is -2.35. The molecule has 2 fully saturated rings. The van der Waals surface area contributed by atoms with Gasteiger partial charge in [0.25, 0.3) is 0 Å². The Hall–Kier alpha value is -0.420. The van der Waals surface area contributed by atoms with E-state index in [0.29, 0.717) is 18.0 Å². The summed E-state index contributed by atoms with van der Waals surface area (Å²) in [4.78, 5) is 11.0. The highest BCUT2D eigenvalue weighted by molar-refractivity contribution is 14.0. The highest BCUT2D eigenvalue weighted by Crippen LogP contribution is 2.25. The lowest BCUT2D eigenvalue weighted by atomic mass is 10.0. The van der Waals surface area contributed by atoms with E-state index in [9.17, 15) is 0 Å². The molecule has 6 nitrogen and oxygen atoms in total. The molecule has 0 saturated carbocycles. The molecule has 2 saturated heterocycles. The lowest BCUT2D eigenvalue weighted by molar-refractivity contribution is 0.0177. The summed E-state index contributed by atoms with van der Waals surface area (Å²) in [6.45, 7) is 12.5. The average Bonchev–Trinajstić information content (AvgIpc) is 3.42. The Kier molecular flexibility index (Phi) is 11.2. The van der Waals surface area contributed by atoms with Crippen LogP contribution in [0.15, 0.2) is 22.5 Å². The molecule has 0 spiro atoms. The first-order chi connectivity index (χ1) is 13.7. The minimum Gasteiger partial charge on any atom is -0.379 e. The fourth-order valence-electron chi connectivity index (χ4n) is 4.25. The molecule has 3 heterocycles. The molecule has 2 unspecified atom stereocenters. The molecule has 29 heavy (non-hydrogen) atoms. The quantitative estimate of drug-likeness (QED) is 0.305. The third kappa shape index (κ3) is 7.34. The van der Waals surface area contributed by atoms with Gasteiger partial charge in [-0.15, -0.1) is 35.3 Å². The molecule has 0 amide bonds. The van der Waals surface area contributed by atoms with Gasteiger partial charge >= 0.3 is 0 Å². The second-order valence-electron chi connectivity index (χ2n) is 8.07. The number of ether oxygens (including phenoxy) is 1. The molecule has 0 aromatic carbocycles. The summed E-state index contributed by atoms with van der Waals surface area (Å²) < 4.78 is 5.55. The zero-order valence-corrected chi connectivity index (χ0v) is 21.2. The monoisotopic (exact) mass is 535 g/mol. The lowest BCUT2D eigenvalue weighted by Crippen LogP contribution is -2.50. The fraction of sp³-hybridized carbons (Fsp3) is 0.762. The van der Waals surface area contributed by atoms with E-state index in [1.807, 2.05) is 18.4 Å². The van der Waals surface area contributed by atoms with Gasteiger partial charge in [0.2, 0.25) is 0 Å². The number of nitrogens with one attached hydrogen (secondary N) is 2. The summed E-state index contributed by atoms with van der Waals surface area (Å²) in [7, 11) is 1.87. The van der Waals surface area contributed by atoms with Crippen LogP contribution in [-0.4, -0.2) is 81.3 Å². The van der Waals surface area contributed by atoms with Gasteiger partial charge in [0.05, 0.1) is 19.3 Å². The molecule has 0 bridgehead atoms. The molecule has 2 aliphatic rings. The van der Waals surface area contributed by atoms with Crippen molar-refractivity contribution >= 4 is 41.3 Å². The van der Waals surface area contributed by atoms with Gasteiger partial charge in [-0.25, -0.2) is 0 Å². The van der Waals surface area contributed by atoms with E-state index in [0.717, 1.165) is 45.4 Å². The number of thiophene rings is 1. The number of guanidine groups is 1. The van der Waals surface area contributed by atoms with Crippen molar-refractivity contribution in [2.45, 2.75) is 38.8 Å². The second-order valence-corrected chi connectivity index (χ2v) is 9.05. The van der Waals surface area contributed by atoms with Crippen molar-refractivity contribution < 1.29 is 4.74 Å². The Morgan fingerprint density at radius 3 is 2.38 bits per heavy atom. The molecule has 2 atom stereocenters. The molecule has 8 heteroatoms. The van der Waals surface area contributed by atoms with Crippen molar-refractivity contribution in [3.8, 4) is 0 Å². The van der Waals surface area contributed by atoms with Crippen molar-refractivity contribution in [2.75, 3.05) is 59.5 Å². The van der Waals surface area contributed by atoms with Crippen LogP contribution in [0, 0.1) is 5.92 Å². The summed E-state index contributed by atoms with van der Waals surface area (Å²) >= 11 is 1.83. The van der Waals surface area contributed by atoms with Gasteiger partial charge < -0.3 is 15.4 Å². The van der Waals surface area contributed by atoms with Gasteiger partial charge in [-0.2, -0.15) is 0 Å². The topological polar surface area (TPSA) is 52.1 Å². The van der Waals surface area contributed by atoms with Gasteiger partial charge in [0.1, 0.15) is 0 Å². The molecule has 1 aromatic rings. The normalized spacial score (nSPS) is 21.0. The summed E-state index contributed by atoms with van der Waals surface area (Å²) in [5.41, 5.74) is 0. The van der Waals surface area contributed by atoms with Crippen molar-refractivity contribution in [3.63, 3.8) is 0 Å². The molecular formula is C21H38IN5OS. The maximum Gasteiger partial charge on any atom is 0.191 e. The minimum absolute atomic E-state index is 0. The molecule has 0 radical (unpaired) electrons. The average molecular weight is 536 g/mol. The van der Waals surface area contributed by atoms with Gasteiger partial charge in [0.15, 0.2) is 5.96 Å². The van der Waals surface area contributed by atoms with Crippen molar-refractivity contribution in [1.82, 2.24) is 20.4 Å². The first-order valence-corrected chi connectivity index (χ1v) is 11.6. The highest BCUT2D eigenvalue weighted by atomic mass is 127. The Morgan fingerprint density at radius 2 is 1.79 bits per heavy atom. The molecule has 2 N–H and O–H groups in total. The highest BCUT2D eigenvalue weighted by Gasteiger charge is 2.26. The molecule has 2 aliphatic heterocycles. The number of morpholine rings is 1. The predicted molar refractivity (Wildman–Crippen MR) is 134 cm³/mol. The van der Waals surface area contributed by atoms with Crippen LogP contribution < -0.4 is 10.6 Å². The summed E-state index contributed by atoms with van der Waals surface area (Å²) in [6.07, 6.45) is 2.66. The van der Waals surface area contributed by atoms with Crippen molar-refractivity contribution in [2.24, 2.45) is 10.9 Å². The smallest absolute Gasteiger partial charge is 0.191 e. The molecule has 3 rings (SSSR count). The van der Waals surface area contributed by atoms with Gasteiger partial charge in [-0.3, -0.25) is 14.8 Å². The summed E-state index contributed by atoms with van der Waals surface area (Å²) in [6, 6.07) is 5.31. The predicted octanol–water partition coefficient (Wildman–Crippen LogP) is 3.02. The van der Waals surface area contributed by atoms with Crippen LogP contribution in [0.4, 0.5) is 0 Å². The zero-order chi connectivity index (χ0) is 19.8. The maximum absolute atomic E-state index is 5.55. The van der Waals surface area contributed by atoms with E-state index < -0.39 is 0 Å². The largest absolute Gasteiger partial charge is 0.379 e. The van der Waals surface area contributed by atoms with E-state index in [-0.39, 0.29) is 24.0 Å². The number of halogens is 1. The Morgan fingerprint density at radius 1 is 1.10 bits per heavy atom. The van der Waals surface area contributed by atoms with Crippen LogP contribution in [-0.2, 0) is 4.74 Å². The van der Waals surface area contributed by atoms with Crippen LogP contribution in [0.25, 0.3) is 0 Å². The van der Waals surface area contributed by atoms with E-state index in [2.05, 4.69) is 56.8 Å². The Bertz CT molecular complexity index is 586. The van der Waals surface area contributed by atoms with Crippen LogP contribution in [0.1, 0.15) is 37.6 Å². The molecular weight excluding hydrogens is 497 g/mol. The van der Waals surface area contributed by atoms with Crippen LogP contribution >= 0.6 is 35.3 Å². The first kappa shape index (κ1) is 24.8. The van der Waals surface area contributed by atoms with Crippen LogP contribution in [0.3, 0.4) is 0 Å². The molecule has 0 aliphatic carbocycles. The summed E-state index contributed by atoms with van der Waals surface area (Å²) in [5.74, 6) is 1.54. The van der Waals surface area contributed by atoms with E-state index >= 15 is 0 Å². The number of aliphatic imine (C=N–C) groups is 1. The first-order valence-electron chi connectivity index (χ1n) is 10.7. The van der Waals surface area contributed by atoms with Gasteiger partial charge in [0, 0.05) is 44.1 Å². The van der Waals surface area contributed by atoms with Crippen molar-refractivity contribution in [1.29, 1.82) is 0 Å². The summed E-state index contributed by atoms with van der Waals surface area (Å²) in [5, 5.41) is 9.34. The molecule has 1 aromatic heterocycles. The Labute approximate surface area is 197 Å². The standard InChI is InChI=1S/C21H37N5OS.HI/c1-17(2)18(25-8-4-5-9-25)15-23-21(22-3)24-16-19(20-7-6-14-28-20)26-10-12-27-13-11-26;/h6-7,14,17-19H,4-5,8-13,15-16H2,1-3H3,(H2,22,23,24);1H. The third-order valence-corrected chi connectivity index (χ3v) is 6.88. The minimum atomic E-state index is 0. The maximum atomic E-state index is 5.55. The number of rotatable bonds is 8. The van der Waals surface area contributed by atoms with Gasteiger partial charge in [-0.1, -0.05) is 19.9 Å².